The first-order valence-electron chi connectivity index (χ1n) is 13.7. The Bertz CT molecular complexity index is 1070. The van der Waals surface area contributed by atoms with Gasteiger partial charge in [0.15, 0.2) is 0 Å². The maximum Gasteiger partial charge on any atom is 0.119 e. The second-order valence-electron chi connectivity index (χ2n) is 10.6. The molecule has 3 aromatic rings. The summed E-state index contributed by atoms with van der Waals surface area (Å²) in [7, 11) is 0. The lowest BCUT2D eigenvalue weighted by Crippen LogP contribution is -2.04. The van der Waals surface area contributed by atoms with Crippen LogP contribution in [0.1, 0.15) is 106 Å². The zero-order valence-electron chi connectivity index (χ0n) is 22.5. The van der Waals surface area contributed by atoms with Crippen LogP contribution in [0.15, 0.2) is 48.5 Å². The van der Waals surface area contributed by atoms with Gasteiger partial charge in [-0.3, -0.25) is 0 Å². The van der Waals surface area contributed by atoms with Crippen LogP contribution in [0.4, 0.5) is 0 Å². The molecule has 2 saturated carbocycles. The van der Waals surface area contributed by atoms with Gasteiger partial charge < -0.3 is 30.6 Å². The predicted molar refractivity (Wildman–Crippen MR) is 157 cm³/mol. The molecule has 0 spiro atoms. The average Bonchev–Trinajstić information content (AvgIpc) is 2.92. The van der Waals surface area contributed by atoms with Crippen molar-refractivity contribution in [1.82, 2.24) is 0 Å². The van der Waals surface area contributed by atoms with Gasteiger partial charge in [0.25, 0.3) is 0 Å². The maximum absolute atomic E-state index is 9.86. The van der Waals surface area contributed by atoms with E-state index < -0.39 is 0 Å². The van der Waals surface area contributed by atoms with Gasteiger partial charge in [-0.05, 0) is 111 Å². The van der Waals surface area contributed by atoms with E-state index in [0.717, 1.165) is 47.9 Å². The van der Waals surface area contributed by atoms with Crippen LogP contribution in [0.25, 0.3) is 0 Å². The molecule has 214 valence electrons. The van der Waals surface area contributed by atoms with Gasteiger partial charge in [-0.2, -0.15) is 0 Å². The number of benzene rings is 3. The zero-order chi connectivity index (χ0) is 27.7. The highest BCUT2D eigenvalue weighted by atomic mass is 16.3. The number of phenolic OH excluding ortho intramolecular Hbond substituents is 6. The molecule has 0 bridgehead atoms. The monoisotopic (exact) mass is 538 g/mol. The van der Waals surface area contributed by atoms with E-state index in [0.29, 0.717) is 34.8 Å². The Morgan fingerprint density at radius 3 is 1.08 bits per heavy atom. The fourth-order valence-corrected chi connectivity index (χ4v) is 5.33. The first-order valence-corrected chi connectivity index (χ1v) is 13.7. The quantitative estimate of drug-likeness (QED) is 0.182. The summed E-state index contributed by atoms with van der Waals surface area (Å²) >= 11 is 0. The van der Waals surface area contributed by atoms with Crippen molar-refractivity contribution in [2.45, 2.75) is 97.3 Å². The molecule has 0 saturated heterocycles. The van der Waals surface area contributed by atoms with Gasteiger partial charge >= 0.3 is 0 Å². The van der Waals surface area contributed by atoms with E-state index in [9.17, 15) is 20.4 Å². The highest BCUT2D eigenvalue weighted by molar-refractivity contribution is 5.47. The molecule has 0 amide bonds. The van der Waals surface area contributed by atoms with Gasteiger partial charge in [0.05, 0.1) is 0 Å². The lowest BCUT2D eigenvalue weighted by molar-refractivity contribution is 0.408. The number of phenols is 6. The molecule has 5 rings (SSSR count). The van der Waals surface area contributed by atoms with Gasteiger partial charge in [-0.1, -0.05) is 46.0 Å². The standard InChI is InChI=1S/2C13H18O2.C6H6O2.CH4/c2*1-9-7-13(15)11(8-12(9)14)10-5-3-2-4-6-10;7-5-1-2-6(8)4-3-5;/h2*7-8,10,14-15H,2-6H2,1H3;1-4,7-8H;1H4. The Balaban J connectivity index is 0.000000212. The van der Waals surface area contributed by atoms with Crippen LogP contribution in [-0.4, -0.2) is 30.6 Å². The minimum Gasteiger partial charge on any atom is -0.508 e. The lowest BCUT2D eigenvalue weighted by Gasteiger charge is -2.23. The Kier molecular flexibility index (Phi) is 12.3. The Hall–Kier alpha value is -3.54. The fraction of sp³-hybridized carbons (Fsp3) is 0.455. The Morgan fingerprint density at radius 2 is 0.769 bits per heavy atom. The highest BCUT2D eigenvalue weighted by Crippen LogP contribution is 2.40. The van der Waals surface area contributed by atoms with E-state index in [1.54, 1.807) is 38.1 Å². The largest absolute Gasteiger partial charge is 0.508 e. The second-order valence-corrected chi connectivity index (χ2v) is 10.6. The third-order valence-electron chi connectivity index (χ3n) is 7.63. The molecule has 0 radical (unpaired) electrons. The average molecular weight is 539 g/mol. The molecule has 0 heterocycles. The zero-order valence-corrected chi connectivity index (χ0v) is 22.5. The van der Waals surface area contributed by atoms with Crippen LogP contribution >= 0.6 is 0 Å². The molecule has 39 heavy (non-hydrogen) atoms. The third-order valence-corrected chi connectivity index (χ3v) is 7.63. The van der Waals surface area contributed by atoms with E-state index in [2.05, 4.69) is 0 Å². The second kappa shape index (κ2) is 15.2. The minimum absolute atomic E-state index is 0. The molecule has 2 aliphatic rings. The SMILES string of the molecule is C.Cc1cc(O)c(C2CCCCC2)cc1O.Cc1cc(O)c(C2CCCCC2)cc1O.Oc1ccc(O)cc1. The van der Waals surface area contributed by atoms with E-state index in [1.165, 1.54) is 62.8 Å². The number of rotatable bonds is 2. The number of aromatic hydroxyl groups is 6. The Labute approximate surface area is 233 Å². The first kappa shape index (κ1) is 31.7. The van der Waals surface area contributed by atoms with Crippen molar-refractivity contribution in [2.24, 2.45) is 0 Å². The van der Waals surface area contributed by atoms with Crippen molar-refractivity contribution >= 4 is 0 Å². The molecule has 0 aromatic heterocycles. The van der Waals surface area contributed by atoms with Crippen LogP contribution in [0, 0.1) is 13.8 Å². The summed E-state index contributed by atoms with van der Waals surface area (Å²) in [6, 6.07) is 12.5. The molecular weight excluding hydrogens is 492 g/mol. The van der Waals surface area contributed by atoms with Gasteiger partial charge in [0.2, 0.25) is 0 Å². The van der Waals surface area contributed by atoms with Crippen molar-refractivity contribution in [1.29, 1.82) is 0 Å². The summed E-state index contributed by atoms with van der Waals surface area (Å²) in [4.78, 5) is 0. The molecule has 2 aliphatic carbocycles. The molecule has 3 aromatic carbocycles. The van der Waals surface area contributed by atoms with Gasteiger partial charge in [-0.15, -0.1) is 0 Å². The van der Waals surface area contributed by atoms with Crippen LogP contribution in [-0.2, 0) is 0 Å². The maximum atomic E-state index is 9.86. The molecule has 0 unspecified atom stereocenters. The van der Waals surface area contributed by atoms with Crippen LogP contribution in [0.3, 0.4) is 0 Å². The van der Waals surface area contributed by atoms with E-state index >= 15 is 0 Å². The molecule has 6 nitrogen and oxygen atoms in total. The van der Waals surface area contributed by atoms with Gasteiger partial charge in [0.1, 0.15) is 34.5 Å². The van der Waals surface area contributed by atoms with Crippen LogP contribution in [0.2, 0.25) is 0 Å². The molecular formula is C33H46O6. The summed E-state index contributed by atoms with van der Waals surface area (Å²) in [5.74, 6) is 2.50. The molecule has 0 atom stereocenters. The molecule has 6 N–H and O–H groups in total. The first-order chi connectivity index (χ1) is 18.2. The summed E-state index contributed by atoms with van der Waals surface area (Å²) < 4.78 is 0. The van der Waals surface area contributed by atoms with Gasteiger partial charge in [0, 0.05) is 11.1 Å². The summed E-state index contributed by atoms with van der Waals surface area (Å²) in [6.07, 6.45) is 12.1. The highest BCUT2D eigenvalue weighted by Gasteiger charge is 2.20. The smallest absolute Gasteiger partial charge is 0.119 e. The Morgan fingerprint density at radius 1 is 0.462 bits per heavy atom. The van der Waals surface area contributed by atoms with Crippen LogP contribution < -0.4 is 0 Å². The normalized spacial score (nSPS) is 15.6. The number of hydrogen-bond acceptors (Lipinski definition) is 6. The predicted octanol–water partition coefficient (Wildman–Crippen LogP) is 8.64. The van der Waals surface area contributed by atoms with E-state index in [-0.39, 0.29) is 18.9 Å². The van der Waals surface area contributed by atoms with Crippen LogP contribution in [0.5, 0.6) is 34.5 Å². The van der Waals surface area contributed by atoms with Crippen molar-refractivity contribution in [3.05, 3.63) is 70.8 Å². The third kappa shape index (κ3) is 9.31. The number of aryl methyl sites for hydroxylation is 2. The topological polar surface area (TPSA) is 121 Å². The van der Waals surface area contributed by atoms with E-state index in [4.69, 9.17) is 10.2 Å². The lowest BCUT2D eigenvalue weighted by atomic mass is 9.83. The van der Waals surface area contributed by atoms with Crippen molar-refractivity contribution in [2.75, 3.05) is 0 Å². The number of hydrogen-bond donors (Lipinski definition) is 6. The molecule has 0 aliphatic heterocycles. The summed E-state index contributed by atoms with van der Waals surface area (Å²) in [6.45, 7) is 3.61. The van der Waals surface area contributed by atoms with Crippen molar-refractivity contribution in [3.8, 4) is 34.5 Å². The molecule has 2 fully saturated rings. The van der Waals surface area contributed by atoms with Gasteiger partial charge in [-0.25, -0.2) is 0 Å². The van der Waals surface area contributed by atoms with Crippen molar-refractivity contribution < 1.29 is 30.6 Å². The summed E-state index contributed by atoms with van der Waals surface area (Å²) in [5.41, 5.74) is 3.34. The summed E-state index contributed by atoms with van der Waals surface area (Å²) in [5, 5.41) is 56.3. The van der Waals surface area contributed by atoms with Crippen molar-refractivity contribution in [3.63, 3.8) is 0 Å². The minimum atomic E-state index is 0. The fourth-order valence-electron chi connectivity index (χ4n) is 5.33. The van der Waals surface area contributed by atoms with E-state index in [1.807, 2.05) is 0 Å². The molecule has 6 heteroatoms.